The lowest BCUT2D eigenvalue weighted by Gasteiger charge is -2.35. The smallest absolute Gasteiger partial charge is 0.225 e. The molecule has 1 saturated carbocycles. The molecular weight excluding hydrogens is 326 g/mol. The SMILES string of the molecule is CC(=O)Nc1cc(CCC2CCN(C(=O)C3CCCCC3)CC2)ccn1. The van der Waals surface area contributed by atoms with Gasteiger partial charge in [0.05, 0.1) is 0 Å². The fourth-order valence-electron chi connectivity index (χ4n) is 4.30. The van der Waals surface area contributed by atoms with Gasteiger partial charge in [0, 0.05) is 32.1 Å². The zero-order valence-electron chi connectivity index (χ0n) is 15.9. The molecule has 1 aliphatic heterocycles. The number of hydrogen-bond donors (Lipinski definition) is 1. The maximum Gasteiger partial charge on any atom is 0.225 e. The molecule has 0 aromatic carbocycles. The van der Waals surface area contributed by atoms with Crippen molar-refractivity contribution in [2.24, 2.45) is 11.8 Å². The summed E-state index contributed by atoms with van der Waals surface area (Å²) in [7, 11) is 0. The van der Waals surface area contributed by atoms with Gasteiger partial charge in [-0.15, -0.1) is 0 Å². The van der Waals surface area contributed by atoms with Crippen LogP contribution in [-0.2, 0) is 16.0 Å². The van der Waals surface area contributed by atoms with Crippen molar-refractivity contribution in [3.63, 3.8) is 0 Å². The maximum absolute atomic E-state index is 12.6. The monoisotopic (exact) mass is 357 g/mol. The zero-order valence-corrected chi connectivity index (χ0v) is 15.9. The minimum atomic E-state index is -0.0929. The van der Waals surface area contributed by atoms with Crippen LogP contribution in [0.2, 0.25) is 0 Å². The molecule has 5 heteroatoms. The lowest BCUT2D eigenvalue weighted by atomic mass is 9.86. The Balaban J connectivity index is 1.42. The Morgan fingerprint density at radius 1 is 1.15 bits per heavy atom. The molecule has 2 aliphatic rings. The van der Waals surface area contributed by atoms with E-state index in [1.54, 1.807) is 6.20 Å². The highest BCUT2D eigenvalue weighted by Gasteiger charge is 2.28. The number of aromatic nitrogens is 1. The largest absolute Gasteiger partial charge is 0.342 e. The number of anilines is 1. The van der Waals surface area contributed by atoms with E-state index in [4.69, 9.17) is 0 Å². The van der Waals surface area contributed by atoms with Gasteiger partial charge in [0.2, 0.25) is 11.8 Å². The van der Waals surface area contributed by atoms with Gasteiger partial charge in [0.25, 0.3) is 0 Å². The summed E-state index contributed by atoms with van der Waals surface area (Å²) in [6.45, 7) is 3.34. The van der Waals surface area contributed by atoms with E-state index in [9.17, 15) is 9.59 Å². The summed E-state index contributed by atoms with van der Waals surface area (Å²) in [5, 5.41) is 2.74. The molecule has 142 valence electrons. The lowest BCUT2D eigenvalue weighted by molar-refractivity contribution is -0.138. The first-order valence-corrected chi connectivity index (χ1v) is 10.1. The number of piperidine rings is 1. The van der Waals surface area contributed by atoms with E-state index in [-0.39, 0.29) is 5.91 Å². The van der Waals surface area contributed by atoms with E-state index < -0.39 is 0 Å². The Kier molecular flexibility index (Phi) is 6.64. The van der Waals surface area contributed by atoms with Gasteiger partial charge in [-0.05, 0) is 62.1 Å². The van der Waals surface area contributed by atoms with Crippen molar-refractivity contribution in [1.29, 1.82) is 0 Å². The summed E-state index contributed by atoms with van der Waals surface area (Å²) in [6.07, 6.45) is 12.0. The van der Waals surface area contributed by atoms with Crippen molar-refractivity contribution in [3.05, 3.63) is 23.9 Å². The van der Waals surface area contributed by atoms with Crippen LogP contribution in [0.3, 0.4) is 0 Å². The van der Waals surface area contributed by atoms with Gasteiger partial charge < -0.3 is 10.2 Å². The lowest BCUT2D eigenvalue weighted by Crippen LogP contribution is -2.42. The first-order chi connectivity index (χ1) is 12.6. The first-order valence-electron chi connectivity index (χ1n) is 10.1. The average Bonchev–Trinajstić information content (AvgIpc) is 2.67. The zero-order chi connectivity index (χ0) is 18.4. The van der Waals surface area contributed by atoms with Crippen LogP contribution in [0.5, 0.6) is 0 Å². The molecule has 3 rings (SSSR count). The Morgan fingerprint density at radius 3 is 2.58 bits per heavy atom. The summed E-state index contributed by atoms with van der Waals surface area (Å²) in [6, 6.07) is 3.98. The molecule has 2 fully saturated rings. The highest BCUT2D eigenvalue weighted by molar-refractivity contribution is 5.87. The second-order valence-corrected chi connectivity index (χ2v) is 7.87. The van der Waals surface area contributed by atoms with Crippen molar-refractivity contribution < 1.29 is 9.59 Å². The van der Waals surface area contributed by atoms with Gasteiger partial charge in [-0.2, -0.15) is 0 Å². The standard InChI is InChI=1S/C21H31N3O2/c1-16(25)23-20-15-18(9-12-22-20)8-7-17-10-13-24(14-11-17)21(26)19-5-3-2-4-6-19/h9,12,15,17,19H,2-8,10-11,13-14H2,1H3,(H,22,23,25). The first kappa shape index (κ1) is 18.9. The van der Waals surface area contributed by atoms with Crippen molar-refractivity contribution in [3.8, 4) is 0 Å². The molecule has 0 bridgehead atoms. The second-order valence-electron chi connectivity index (χ2n) is 7.87. The number of aryl methyl sites for hydroxylation is 1. The third-order valence-electron chi connectivity index (χ3n) is 5.85. The molecule has 0 unspecified atom stereocenters. The third-order valence-corrected chi connectivity index (χ3v) is 5.85. The van der Waals surface area contributed by atoms with Gasteiger partial charge in [-0.3, -0.25) is 9.59 Å². The summed E-state index contributed by atoms with van der Waals surface area (Å²) < 4.78 is 0. The third kappa shape index (κ3) is 5.29. The molecule has 0 spiro atoms. The normalized spacial score (nSPS) is 19.3. The number of amides is 2. The number of carbonyl (C=O) groups is 2. The molecule has 0 radical (unpaired) electrons. The van der Waals surface area contributed by atoms with E-state index in [0.717, 1.165) is 51.6 Å². The number of hydrogen-bond acceptors (Lipinski definition) is 3. The molecule has 2 amide bonds. The summed E-state index contributed by atoms with van der Waals surface area (Å²) in [4.78, 5) is 30.1. The topological polar surface area (TPSA) is 62.3 Å². The minimum Gasteiger partial charge on any atom is -0.342 e. The van der Waals surface area contributed by atoms with E-state index in [1.807, 2.05) is 12.1 Å². The van der Waals surface area contributed by atoms with Gasteiger partial charge in [0.15, 0.2) is 0 Å². The van der Waals surface area contributed by atoms with Crippen LogP contribution < -0.4 is 5.32 Å². The molecule has 1 aromatic rings. The predicted octanol–water partition coefficient (Wildman–Crippen LogP) is 3.79. The summed E-state index contributed by atoms with van der Waals surface area (Å²) in [5.41, 5.74) is 1.21. The molecule has 26 heavy (non-hydrogen) atoms. The minimum absolute atomic E-state index is 0.0929. The van der Waals surface area contributed by atoms with Crippen LogP contribution in [0.25, 0.3) is 0 Å². The van der Waals surface area contributed by atoms with E-state index in [1.165, 1.54) is 31.7 Å². The van der Waals surface area contributed by atoms with Crippen molar-refractivity contribution in [2.45, 2.75) is 64.7 Å². The van der Waals surface area contributed by atoms with Crippen LogP contribution in [-0.4, -0.2) is 34.8 Å². The molecule has 1 saturated heterocycles. The van der Waals surface area contributed by atoms with Crippen LogP contribution in [0.4, 0.5) is 5.82 Å². The number of likely N-dealkylation sites (tertiary alicyclic amines) is 1. The molecule has 1 aliphatic carbocycles. The van der Waals surface area contributed by atoms with Crippen LogP contribution in [0.15, 0.2) is 18.3 Å². The predicted molar refractivity (Wildman–Crippen MR) is 103 cm³/mol. The molecule has 1 N–H and O–H groups in total. The Bertz CT molecular complexity index is 617. The maximum atomic E-state index is 12.6. The Morgan fingerprint density at radius 2 is 1.88 bits per heavy atom. The van der Waals surface area contributed by atoms with Crippen LogP contribution >= 0.6 is 0 Å². The molecule has 5 nitrogen and oxygen atoms in total. The van der Waals surface area contributed by atoms with E-state index in [2.05, 4.69) is 15.2 Å². The van der Waals surface area contributed by atoms with E-state index in [0.29, 0.717) is 23.6 Å². The Hall–Kier alpha value is -1.91. The van der Waals surface area contributed by atoms with Gasteiger partial charge in [-0.25, -0.2) is 4.98 Å². The molecule has 1 aromatic heterocycles. The van der Waals surface area contributed by atoms with Crippen molar-refractivity contribution in [1.82, 2.24) is 9.88 Å². The van der Waals surface area contributed by atoms with Crippen molar-refractivity contribution >= 4 is 17.6 Å². The average molecular weight is 357 g/mol. The van der Waals surface area contributed by atoms with Crippen molar-refractivity contribution in [2.75, 3.05) is 18.4 Å². The van der Waals surface area contributed by atoms with Crippen LogP contribution in [0, 0.1) is 11.8 Å². The fourth-order valence-corrected chi connectivity index (χ4v) is 4.30. The second kappa shape index (κ2) is 9.15. The quantitative estimate of drug-likeness (QED) is 0.872. The fraction of sp³-hybridized carbons (Fsp3) is 0.667. The highest BCUT2D eigenvalue weighted by atomic mass is 16.2. The summed E-state index contributed by atoms with van der Waals surface area (Å²) in [5.74, 6) is 1.93. The van der Waals surface area contributed by atoms with Crippen LogP contribution in [0.1, 0.15) is 63.9 Å². The number of rotatable bonds is 5. The molecule has 2 heterocycles. The number of pyridine rings is 1. The highest BCUT2D eigenvalue weighted by Crippen LogP contribution is 2.28. The molecular formula is C21H31N3O2. The van der Waals surface area contributed by atoms with Gasteiger partial charge in [-0.1, -0.05) is 19.3 Å². The van der Waals surface area contributed by atoms with Gasteiger partial charge >= 0.3 is 0 Å². The van der Waals surface area contributed by atoms with Gasteiger partial charge in [0.1, 0.15) is 5.82 Å². The number of carbonyl (C=O) groups excluding carboxylic acids is 2. The number of nitrogens with one attached hydrogen (secondary N) is 1. The van der Waals surface area contributed by atoms with E-state index >= 15 is 0 Å². The summed E-state index contributed by atoms with van der Waals surface area (Å²) >= 11 is 0. The molecule has 0 atom stereocenters. The Labute approximate surface area is 156 Å². The number of nitrogens with zero attached hydrogens (tertiary/aromatic N) is 2.